The summed E-state index contributed by atoms with van der Waals surface area (Å²) in [4.78, 5) is 0. The van der Waals surface area contributed by atoms with Crippen LogP contribution < -0.4 is 5.73 Å². The maximum atomic E-state index is 6.38. The molecule has 0 amide bonds. The van der Waals surface area contributed by atoms with Gasteiger partial charge in [-0.1, -0.05) is 43.5 Å². The van der Waals surface area contributed by atoms with E-state index in [0.29, 0.717) is 0 Å². The molecule has 1 aromatic rings. The van der Waals surface area contributed by atoms with Crippen LogP contribution in [-0.4, -0.2) is 12.7 Å². The van der Waals surface area contributed by atoms with E-state index in [4.69, 9.17) is 10.5 Å². The van der Waals surface area contributed by atoms with Crippen molar-refractivity contribution in [2.75, 3.05) is 6.61 Å². The Morgan fingerprint density at radius 1 is 1.05 bits per heavy atom. The number of ether oxygens (including phenoxy) is 1. The second kappa shape index (κ2) is 6.06. The molecule has 2 nitrogen and oxygen atoms in total. The minimum absolute atomic E-state index is 0.0635. The van der Waals surface area contributed by atoms with E-state index in [1.165, 1.54) is 43.2 Å². The third-order valence-corrected chi connectivity index (χ3v) is 4.78. The van der Waals surface area contributed by atoms with Crippen LogP contribution in [0.3, 0.4) is 0 Å². The number of aryl methyl sites for hydroxylation is 1. The van der Waals surface area contributed by atoms with Gasteiger partial charge in [0.2, 0.25) is 0 Å². The Hall–Kier alpha value is -0.860. The molecular formula is C17H25NO. The van der Waals surface area contributed by atoms with Crippen molar-refractivity contribution in [1.29, 1.82) is 0 Å². The van der Waals surface area contributed by atoms with Crippen LogP contribution in [0.4, 0.5) is 0 Å². The van der Waals surface area contributed by atoms with Gasteiger partial charge in [-0.05, 0) is 42.7 Å². The number of benzene rings is 1. The molecule has 0 aliphatic heterocycles. The lowest BCUT2D eigenvalue weighted by atomic mass is 9.85. The standard InChI is InChI=1S/C17H25NO/c18-17-15-9-5-4-8-14(15)10-11-16(17)19-12-13-6-2-1-3-7-13/h4-5,8-9,13,16-17H,1-3,6-7,10-12,18H2. The molecule has 2 heteroatoms. The van der Waals surface area contributed by atoms with Gasteiger partial charge in [0, 0.05) is 6.61 Å². The molecule has 0 radical (unpaired) electrons. The van der Waals surface area contributed by atoms with Gasteiger partial charge in [-0.15, -0.1) is 0 Å². The fourth-order valence-corrected chi connectivity index (χ4v) is 3.57. The van der Waals surface area contributed by atoms with Gasteiger partial charge < -0.3 is 10.5 Å². The van der Waals surface area contributed by atoms with Gasteiger partial charge >= 0.3 is 0 Å². The lowest BCUT2D eigenvalue weighted by Gasteiger charge is -2.32. The minimum Gasteiger partial charge on any atom is -0.376 e. The Bertz CT molecular complexity index is 411. The van der Waals surface area contributed by atoms with E-state index in [-0.39, 0.29) is 12.1 Å². The summed E-state index contributed by atoms with van der Waals surface area (Å²) < 4.78 is 6.17. The summed E-state index contributed by atoms with van der Waals surface area (Å²) in [5.41, 5.74) is 9.08. The number of rotatable bonds is 3. The Kier molecular flexibility index (Phi) is 4.19. The van der Waals surface area contributed by atoms with E-state index in [2.05, 4.69) is 24.3 Å². The van der Waals surface area contributed by atoms with Crippen molar-refractivity contribution >= 4 is 0 Å². The Morgan fingerprint density at radius 3 is 2.68 bits per heavy atom. The van der Waals surface area contributed by atoms with Crippen molar-refractivity contribution in [2.45, 2.75) is 57.1 Å². The smallest absolute Gasteiger partial charge is 0.0771 e. The molecule has 19 heavy (non-hydrogen) atoms. The first-order valence-corrected chi connectivity index (χ1v) is 7.79. The predicted octanol–water partition coefficient (Wildman–Crippen LogP) is 3.60. The lowest BCUT2D eigenvalue weighted by Crippen LogP contribution is -2.35. The summed E-state index contributed by atoms with van der Waals surface area (Å²) in [6, 6.07) is 8.62. The van der Waals surface area contributed by atoms with E-state index >= 15 is 0 Å². The summed E-state index contributed by atoms with van der Waals surface area (Å²) in [5.74, 6) is 0.776. The van der Waals surface area contributed by atoms with Crippen LogP contribution in [0.15, 0.2) is 24.3 Å². The predicted molar refractivity (Wildman–Crippen MR) is 78.0 cm³/mol. The zero-order valence-corrected chi connectivity index (χ0v) is 11.7. The lowest BCUT2D eigenvalue weighted by molar-refractivity contribution is -0.00189. The molecule has 1 fully saturated rings. The molecule has 0 spiro atoms. The maximum Gasteiger partial charge on any atom is 0.0771 e. The molecule has 1 saturated carbocycles. The van der Waals surface area contributed by atoms with Crippen LogP contribution in [0, 0.1) is 5.92 Å². The fraction of sp³-hybridized carbons (Fsp3) is 0.647. The SMILES string of the molecule is NC1c2ccccc2CCC1OCC1CCCCC1. The molecule has 2 aliphatic rings. The largest absolute Gasteiger partial charge is 0.376 e. The second-order valence-corrected chi connectivity index (χ2v) is 6.14. The van der Waals surface area contributed by atoms with Crippen LogP contribution >= 0.6 is 0 Å². The molecule has 104 valence electrons. The Labute approximate surface area is 116 Å². The minimum atomic E-state index is 0.0635. The molecule has 2 aliphatic carbocycles. The maximum absolute atomic E-state index is 6.38. The Balaban J connectivity index is 1.57. The first kappa shape index (κ1) is 13.1. The van der Waals surface area contributed by atoms with Crippen LogP contribution in [0.1, 0.15) is 55.7 Å². The van der Waals surface area contributed by atoms with Crippen LogP contribution in [-0.2, 0) is 11.2 Å². The van der Waals surface area contributed by atoms with Crippen molar-refractivity contribution in [3.8, 4) is 0 Å². The number of nitrogens with two attached hydrogens (primary N) is 1. The van der Waals surface area contributed by atoms with E-state index in [9.17, 15) is 0 Å². The highest BCUT2D eigenvalue weighted by Crippen LogP contribution is 2.31. The third kappa shape index (κ3) is 3.01. The van der Waals surface area contributed by atoms with Crippen LogP contribution in [0.25, 0.3) is 0 Å². The van der Waals surface area contributed by atoms with Crippen molar-refractivity contribution in [3.63, 3.8) is 0 Å². The summed E-state index contributed by atoms with van der Waals surface area (Å²) in [7, 11) is 0. The summed E-state index contributed by atoms with van der Waals surface area (Å²) >= 11 is 0. The van der Waals surface area contributed by atoms with Crippen LogP contribution in [0.2, 0.25) is 0 Å². The normalized spacial score (nSPS) is 28.1. The van der Waals surface area contributed by atoms with Gasteiger partial charge in [0.1, 0.15) is 0 Å². The highest BCUT2D eigenvalue weighted by molar-refractivity contribution is 5.33. The van der Waals surface area contributed by atoms with E-state index in [1.807, 2.05) is 0 Å². The second-order valence-electron chi connectivity index (χ2n) is 6.14. The van der Waals surface area contributed by atoms with E-state index in [1.54, 1.807) is 0 Å². The molecule has 0 heterocycles. The van der Waals surface area contributed by atoms with E-state index < -0.39 is 0 Å². The third-order valence-electron chi connectivity index (χ3n) is 4.78. The summed E-state index contributed by atoms with van der Waals surface area (Å²) in [6.07, 6.45) is 9.27. The number of fused-ring (bicyclic) bond motifs is 1. The van der Waals surface area contributed by atoms with Crippen molar-refractivity contribution in [2.24, 2.45) is 11.7 Å². The molecule has 1 aromatic carbocycles. The van der Waals surface area contributed by atoms with Crippen molar-refractivity contribution in [1.82, 2.24) is 0 Å². The number of hydrogen-bond donors (Lipinski definition) is 1. The molecule has 0 aromatic heterocycles. The summed E-state index contributed by atoms with van der Waals surface area (Å²) in [5, 5.41) is 0. The van der Waals surface area contributed by atoms with Gasteiger partial charge in [-0.3, -0.25) is 0 Å². The quantitative estimate of drug-likeness (QED) is 0.900. The van der Waals surface area contributed by atoms with Gasteiger partial charge in [0.15, 0.2) is 0 Å². The van der Waals surface area contributed by atoms with Crippen LogP contribution in [0.5, 0.6) is 0 Å². The monoisotopic (exact) mass is 259 g/mol. The molecular weight excluding hydrogens is 234 g/mol. The average Bonchev–Trinajstić information content (AvgIpc) is 2.48. The topological polar surface area (TPSA) is 35.2 Å². The molecule has 0 saturated heterocycles. The summed E-state index contributed by atoms with van der Waals surface area (Å²) in [6.45, 7) is 0.917. The first-order valence-electron chi connectivity index (χ1n) is 7.79. The van der Waals surface area contributed by atoms with Crippen molar-refractivity contribution < 1.29 is 4.74 Å². The van der Waals surface area contributed by atoms with Gasteiger partial charge in [-0.2, -0.15) is 0 Å². The highest BCUT2D eigenvalue weighted by Gasteiger charge is 2.27. The average molecular weight is 259 g/mol. The van der Waals surface area contributed by atoms with E-state index in [0.717, 1.165) is 25.4 Å². The van der Waals surface area contributed by atoms with Crippen molar-refractivity contribution in [3.05, 3.63) is 35.4 Å². The zero-order valence-electron chi connectivity index (χ0n) is 11.7. The fourth-order valence-electron chi connectivity index (χ4n) is 3.57. The Morgan fingerprint density at radius 2 is 1.84 bits per heavy atom. The number of hydrogen-bond acceptors (Lipinski definition) is 2. The molecule has 2 atom stereocenters. The molecule has 0 bridgehead atoms. The van der Waals surface area contributed by atoms with Gasteiger partial charge in [0.05, 0.1) is 12.1 Å². The molecule has 3 rings (SSSR count). The van der Waals surface area contributed by atoms with Gasteiger partial charge in [0.25, 0.3) is 0 Å². The zero-order chi connectivity index (χ0) is 13.1. The van der Waals surface area contributed by atoms with Gasteiger partial charge in [-0.25, -0.2) is 0 Å². The highest BCUT2D eigenvalue weighted by atomic mass is 16.5. The molecule has 2 N–H and O–H groups in total. The molecule has 2 unspecified atom stereocenters. The first-order chi connectivity index (χ1) is 9.34.